The molecule has 108 valence electrons. The molecule has 0 spiro atoms. The first-order chi connectivity index (χ1) is 9.15. The SMILES string of the molecule is CN1C2CCC1CC(C1CCCN1CCC(=O)O)C2. The zero-order valence-electron chi connectivity index (χ0n) is 11.9. The van der Waals surface area contributed by atoms with E-state index < -0.39 is 5.97 Å². The number of carbonyl (C=O) groups is 1. The summed E-state index contributed by atoms with van der Waals surface area (Å²) in [5.74, 6) is 0.152. The molecule has 0 aromatic heterocycles. The summed E-state index contributed by atoms with van der Waals surface area (Å²) >= 11 is 0. The van der Waals surface area contributed by atoms with E-state index in [0.717, 1.165) is 31.1 Å². The second-order valence-electron chi connectivity index (χ2n) is 6.67. The highest BCUT2D eigenvalue weighted by Gasteiger charge is 2.43. The Morgan fingerprint density at radius 3 is 2.53 bits per heavy atom. The molecule has 2 bridgehead atoms. The molecule has 3 unspecified atom stereocenters. The highest BCUT2D eigenvalue weighted by Crippen LogP contribution is 2.41. The Balaban J connectivity index is 1.60. The van der Waals surface area contributed by atoms with Gasteiger partial charge in [0.05, 0.1) is 6.42 Å². The molecule has 0 aromatic rings. The van der Waals surface area contributed by atoms with Gasteiger partial charge in [0, 0.05) is 24.7 Å². The second-order valence-corrected chi connectivity index (χ2v) is 6.67. The molecule has 4 heteroatoms. The van der Waals surface area contributed by atoms with Crippen molar-refractivity contribution >= 4 is 5.97 Å². The Morgan fingerprint density at radius 1 is 1.21 bits per heavy atom. The maximum Gasteiger partial charge on any atom is 0.304 e. The number of likely N-dealkylation sites (tertiary alicyclic amines) is 1. The highest BCUT2D eigenvalue weighted by atomic mass is 16.4. The molecule has 3 atom stereocenters. The molecule has 0 saturated carbocycles. The first-order valence-electron chi connectivity index (χ1n) is 7.83. The highest BCUT2D eigenvalue weighted by molar-refractivity contribution is 5.66. The Bertz CT molecular complexity index is 333. The predicted molar refractivity (Wildman–Crippen MR) is 74.1 cm³/mol. The quantitative estimate of drug-likeness (QED) is 0.842. The Labute approximate surface area is 115 Å². The number of nitrogens with zero attached hydrogens (tertiary/aromatic N) is 2. The maximum atomic E-state index is 10.8. The van der Waals surface area contributed by atoms with Crippen molar-refractivity contribution in [3.05, 3.63) is 0 Å². The van der Waals surface area contributed by atoms with E-state index in [0.29, 0.717) is 12.5 Å². The van der Waals surface area contributed by atoms with E-state index in [1.807, 2.05) is 0 Å². The molecule has 19 heavy (non-hydrogen) atoms. The average Bonchev–Trinajstić information content (AvgIpc) is 2.89. The summed E-state index contributed by atoms with van der Waals surface area (Å²) < 4.78 is 0. The van der Waals surface area contributed by atoms with Gasteiger partial charge >= 0.3 is 5.97 Å². The number of rotatable bonds is 4. The molecule has 4 nitrogen and oxygen atoms in total. The molecule has 3 heterocycles. The molecule has 0 radical (unpaired) electrons. The molecule has 0 aliphatic carbocycles. The van der Waals surface area contributed by atoms with Crippen LogP contribution in [0.3, 0.4) is 0 Å². The van der Waals surface area contributed by atoms with E-state index in [1.165, 1.54) is 38.5 Å². The van der Waals surface area contributed by atoms with Gasteiger partial charge in [-0.15, -0.1) is 0 Å². The van der Waals surface area contributed by atoms with Gasteiger partial charge in [-0.2, -0.15) is 0 Å². The van der Waals surface area contributed by atoms with Crippen molar-refractivity contribution in [3.63, 3.8) is 0 Å². The second kappa shape index (κ2) is 5.41. The average molecular weight is 266 g/mol. The predicted octanol–water partition coefficient (Wildman–Crippen LogP) is 1.80. The summed E-state index contributed by atoms with van der Waals surface area (Å²) in [7, 11) is 2.29. The molecule has 1 N–H and O–H groups in total. The number of carboxylic acids is 1. The summed E-state index contributed by atoms with van der Waals surface area (Å²) in [4.78, 5) is 15.8. The third kappa shape index (κ3) is 2.65. The van der Waals surface area contributed by atoms with E-state index in [-0.39, 0.29) is 0 Å². The number of aliphatic carboxylic acids is 1. The minimum absolute atomic E-state index is 0.302. The van der Waals surface area contributed by atoms with Gasteiger partial charge in [0.1, 0.15) is 0 Å². The first kappa shape index (κ1) is 13.4. The number of fused-ring (bicyclic) bond motifs is 2. The minimum Gasteiger partial charge on any atom is -0.481 e. The van der Waals surface area contributed by atoms with Crippen LogP contribution >= 0.6 is 0 Å². The third-order valence-electron chi connectivity index (χ3n) is 5.71. The largest absolute Gasteiger partial charge is 0.481 e. The van der Waals surface area contributed by atoms with Gasteiger partial charge in [-0.1, -0.05) is 0 Å². The van der Waals surface area contributed by atoms with Gasteiger partial charge < -0.3 is 10.0 Å². The van der Waals surface area contributed by atoms with Crippen LogP contribution in [0.1, 0.15) is 44.9 Å². The molecule has 0 aromatic carbocycles. The van der Waals surface area contributed by atoms with Gasteiger partial charge in [-0.05, 0) is 58.0 Å². The van der Waals surface area contributed by atoms with Gasteiger partial charge in [0.15, 0.2) is 0 Å². The van der Waals surface area contributed by atoms with Crippen LogP contribution in [0.2, 0.25) is 0 Å². The van der Waals surface area contributed by atoms with Gasteiger partial charge in [0.2, 0.25) is 0 Å². The van der Waals surface area contributed by atoms with E-state index in [1.54, 1.807) is 0 Å². The lowest BCUT2D eigenvalue weighted by Crippen LogP contribution is -2.46. The standard InChI is InChI=1S/C15H26N2O2/c1-16-12-4-5-13(16)10-11(9-12)14-3-2-7-17(14)8-6-15(18)19/h11-14H,2-10H2,1H3,(H,18,19). The Morgan fingerprint density at radius 2 is 1.89 bits per heavy atom. The van der Waals surface area contributed by atoms with Crippen molar-refractivity contribution in [1.82, 2.24) is 9.80 Å². The fourth-order valence-corrected chi connectivity index (χ4v) is 4.67. The number of piperidine rings is 1. The van der Waals surface area contributed by atoms with Crippen LogP contribution < -0.4 is 0 Å². The fourth-order valence-electron chi connectivity index (χ4n) is 4.67. The Kier molecular flexibility index (Phi) is 3.81. The molecule has 3 saturated heterocycles. The topological polar surface area (TPSA) is 43.8 Å². The lowest BCUT2D eigenvalue weighted by molar-refractivity contribution is -0.137. The fraction of sp³-hybridized carbons (Fsp3) is 0.933. The minimum atomic E-state index is -0.658. The monoisotopic (exact) mass is 266 g/mol. The molecule has 3 aliphatic rings. The van der Waals surface area contributed by atoms with E-state index in [9.17, 15) is 4.79 Å². The Hall–Kier alpha value is -0.610. The number of hydrogen-bond donors (Lipinski definition) is 1. The van der Waals surface area contributed by atoms with Crippen molar-refractivity contribution in [2.75, 3.05) is 20.1 Å². The molecule has 0 amide bonds. The lowest BCUT2D eigenvalue weighted by atomic mass is 9.84. The van der Waals surface area contributed by atoms with Gasteiger partial charge in [-0.3, -0.25) is 9.69 Å². The van der Waals surface area contributed by atoms with Crippen LogP contribution in [-0.4, -0.2) is 59.1 Å². The normalized spacial score (nSPS) is 39.8. The van der Waals surface area contributed by atoms with Crippen LogP contribution in [-0.2, 0) is 4.79 Å². The molecule has 3 aliphatic heterocycles. The number of carboxylic acid groups (broad SMARTS) is 1. The van der Waals surface area contributed by atoms with Crippen LogP contribution in [0, 0.1) is 5.92 Å². The van der Waals surface area contributed by atoms with E-state index in [4.69, 9.17) is 5.11 Å². The van der Waals surface area contributed by atoms with Crippen molar-refractivity contribution in [3.8, 4) is 0 Å². The van der Waals surface area contributed by atoms with Crippen molar-refractivity contribution in [2.24, 2.45) is 5.92 Å². The van der Waals surface area contributed by atoms with Crippen molar-refractivity contribution < 1.29 is 9.90 Å². The number of hydrogen-bond acceptors (Lipinski definition) is 3. The lowest BCUT2D eigenvalue weighted by Gasteiger charge is -2.41. The molecular formula is C15H26N2O2. The van der Waals surface area contributed by atoms with Crippen LogP contribution in [0.15, 0.2) is 0 Å². The zero-order valence-corrected chi connectivity index (χ0v) is 11.9. The first-order valence-corrected chi connectivity index (χ1v) is 7.83. The van der Waals surface area contributed by atoms with Gasteiger partial charge in [-0.25, -0.2) is 0 Å². The molecule has 3 fully saturated rings. The van der Waals surface area contributed by atoms with Crippen LogP contribution in [0.25, 0.3) is 0 Å². The van der Waals surface area contributed by atoms with Crippen LogP contribution in [0.4, 0.5) is 0 Å². The smallest absolute Gasteiger partial charge is 0.304 e. The summed E-state index contributed by atoms with van der Waals surface area (Å²) in [6.45, 7) is 1.86. The third-order valence-corrected chi connectivity index (χ3v) is 5.71. The zero-order chi connectivity index (χ0) is 13.4. The van der Waals surface area contributed by atoms with Crippen molar-refractivity contribution in [1.29, 1.82) is 0 Å². The maximum absolute atomic E-state index is 10.8. The molecule has 3 rings (SSSR count). The summed E-state index contributed by atoms with van der Waals surface area (Å²) in [5, 5.41) is 8.87. The van der Waals surface area contributed by atoms with E-state index in [2.05, 4.69) is 16.8 Å². The summed E-state index contributed by atoms with van der Waals surface area (Å²) in [5.41, 5.74) is 0. The van der Waals surface area contributed by atoms with Crippen molar-refractivity contribution in [2.45, 2.75) is 63.1 Å². The van der Waals surface area contributed by atoms with Gasteiger partial charge in [0.25, 0.3) is 0 Å². The van der Waals surface area contributed by atoms with Crippen LogP contribution in [0.5, 0.6) is 0 Å². The van der Waals surface area contributed by atoms with E-state index >= 15 is 0 Å². The summed E-state index contributed by atoms with van der Waals surface area (Å²) in [6, 6.07) is 2.26. The summed E-state index contributed by atoms with van der Waals surface area (Å²) in [6.07, 6.45) is 8.26. The molecular weight excluding hydrogens is 240 g/mol.